The molecule has 244 valence electrons. The lowest BCUT2D eigenvalue weighted by molar-refractivity contribution is 0.464. The molecule has 5 heteroatoms. The fourth-order valence-electron chi connectivity index (χ4n) is 8.47. The van der Waals surface area contributed by atoms with Crippen LogP contribution in [0.4, 0.5) is 34.1 Å². The molecule has 0 bridgehead atoms. The van der Waals surface area contributed by atoms with Gasteiger partial charge in [-0.25, -0.2) is 0 Å². The van der Waals surface area contributed by atoms with Crippen molar-refractivity contribution >= 4 is 68.0 Å². The van der Waals surface area contributed by atoms with Gasteiger partial charge in [0.2, 0.25) is 0 Å². The molecule has 3 aliphatic heterocycles. The van der Waals surface area contributed by atoms with E-state index < -0.39 is 0 Å². The van der Waals surface area contributed by atoms with Gasteiger partial charge in [0.15, 0.2) is 0 Å². The zero-order valence-electron chi connectivity index (χ0n) is 28.5. The standard InChI is InChI=1S/C47H31BN2O2/c1-30-22-24-33(25-23-30)49(31-12-4-2-5-13-31)39-27-26-34-36-28-45-38(48-37-17-8-9-19-42(37)51-43-20-11-21-44(52-45)47(43)48)29-41(36)50(32-14-6-3-7-15-32)40-18-10-16-35(39)46(34)40/h2-29H,1H3. The quantitative estimate of drug-likeness (QED) is 0.175. The van der Waals surface area contributed by atoms with Crippen LogP contribution in [0.25, 0.3) is 21.9 Å². The zero-order chi connectivity index (χ0) is 34.3. The molecule has 0 aromatic heterocycles. The van der Waals surface area contributed by atoms with E-state index in [9.17, 15) is 0 Å². The van der Waals surface area contributed by atoms with Crippen LogP contribution >= 0.6 is 0 Å². The number of hydrogen-bond acceptors (Lipinski definition) is 4. The second kappa shape index (κ2) is 11.1. The Balaban J connectivity index is 1.19. The Morgan fingerprint density at radius 3 is 1.98 bits per heavy atom. The maximum Gasteiger partial charge on any atom is 0.260 e. The Bertz CT molecular complexity index is 2710. The molecule has 11 rings (SSSR count). The molecule has 0 radical (unpaired) electrons. The summed E-state index contributed by atoms with van der Waals surface area (Å²) in [7, 11) is 0. The van der Waals surface area contributed by atoms with Crippen molar-refractivity contribution in [2.75, 3.05) is 9.80 Å². The van der Waals surface area contributed by atoms with Crippen LogP contribution in [0.1, 0.15) is 5.56 Å². The lowest BCUT2D eigenvalue weighted by Crippen LogP contribution is -2.57. The highest BCUT2D eigenvalue weighted by molar-refractivity contribution is 6.98. The molecule has 8 aromatic carbocycles. The van der Waals surface area contributed by atoms with Gasteiger partial charge in [-0.15, -0.1) is 0 Å². The van der Waals surface area contributed by atoms with Crippen LogP contribution in [-0.4, -0.2) is 6.71 Å². The highest BCUT2D eigenvalue weighted by Crippen LogP contribution is 2.54. The van der Waals surface area contributed by atoms with E-state index in [0.29, 0.717) is 0 Å². The van der Waals surface area contributed by atoms with Gasteiger partial charge in [0.05, 0.1) is 17.1 Å². The first kappa shape index (κ1) is 29.1. The lowest BCUT2D eigenvalue weighted by Gasteiger charge is -2.38. The largest absolute Gasteiger partial charge is 0.458 e. The number of para-hydroxylation sites is 3. The lowest BCUT2D eigenvalue weighted by atomic mass is 9.34. The SMILES string of the molecule is Cc1ccc(N(c2ccccc2)c2ccc3c4c(cccc24)N(c2ccccc2)c2cc4c(cc2-3)Oc2cccc3c2B4c2ccccc2O3)cc1. The number of nitrogens with zero attached hydrogens (tertiary/aromatic N) is 2. The molecule has 0 fully saturated rings. The molecular weight excluding hydrogens is 635 g/mol. The van der Waals surface area contributed by atoms with Gasteiger partial charge in [0.1, 0.15) is 23.0 Å². The summed E-state index contributed by atoms with van der Waals surface area (Å²) in [6.07, 6.45) is 0. The first-order chi connectivity index (χ1) is 25.7. The number of anilines is 6. The van der Waals surface area contributed by atoms with Gasteiger partial charge >= 0.3 is 0 Å². The zero-order valence-corrected chi connectivity index (χ0v) is 28.5. The number of aryl methyl sites for hydroxylation is 1. The van der Waals surface area contributed by atoms with Crippen molar-refractivity contribution in [3.63, 3.8) is 0 Å². The highest BCUT2D eigenvalue weighted by atomic mass is 16.5. The summed E-state index contributed by atoms with van der Waals surface area (Å²) in [6, 6.07) is 60.7. The number of benzene rings is 8. The molecule has 0 N–H and O–H groups in total. The van der Waals surface area contributed by atoms with E-state index >= 15 is 0 Å². The van der Waals surface area contributed by atoms with Gasteiger partial charge in [0, 0.05) is 38.9 Å². The van der Waals surface area contributed by atoms with Gasteiger partial charge in [-0.1, -0.05) is 96.6 Å². The van der Waals surface area contributed by atoms with Crippen molar-refractivity contribution in [1.82, 2.24) is 0 Å². The number of hydrogen-bond donors (Lipinski definition) is 0. The Labute approximate surface area is 302 Å². The van der Waals surface area contributed by atoms with Crippen molar-refractivity contribution < 1.29 is 9.47 Å². The summed E-state index contributed by atoms with van der Waals surface area (Å²) in [5.41, 5.74) is 13.7. The fourth-order valence-corrected chi connectivity index (χ4v) is 8.47. The molecule has 0 unspecified atom stereocenters. The minimum Gasteiger partial charge on any atom is -0.458 e. The average molecular weight is 667 g/mol. The van der Waals surface area contributed by atoms with Crippen molar-refractivity contribution in [3.05, 3.63) is 175 Å². The molecule has 0 saturated heterocycles. The third-order valence-corrected chi connectivity index (χ3v) is 10.8. The predicted octanol–water partition coefficient (Wildman–Crippen LogP) is 10.8. The molecule has 0 atom stereocenters. The molecule has 4 nitrogen and oxygen atoms in total. The molecule has 3 aliphatic rings. The Morgan fingerprint density at radius 1 is 0.500 bits per heavy atom. The topological polar surface area (TPSA) is 24.9 Å². The first-order valence-corrected chi connectivity index (χ1v) is 17.8. The molecule has 0 saturated carbocycles. The number of fused-ring (bicyclic) bond motifs is 6. The summed E-state index contributed by atoms with van der Waals surface area (Å²) >= 11 is 0. The van der Waals surface area contributed by atoms with E-state index in [4.69, 9.17) is 9.47 Å². The fraction of sp³-hybridized carbons (Fsp3) is 0.0213. The van der Waals surface area contributed by atoms with Crippen molar-refractivity contribution in [1.29, 1.82) is 0 Å². The van der Waals surface area contributed by atoms with Crippen LogP contribution in [-0.2, 0) is 0 Å². The average Bonchev–Trinajstić information content (AvgIpc) is 3.19. The van der Waals surface area contributed by atoms with Gasteiger partial charge in [-0.3, -0.25) is 0 Å². The normalized spacial score (nSPS) is 12.9. The van der Waals surface area contributed by atoms with E-state index in [1.165, 1.54) is 21.9 Å². The molecule has 0 aliphatic carbocycles. The van der Waals surface area contributed by atoms with Crippen LogP contribution < -0.4 is 35.7 Å². The van der Waals surface area contributed by atoms with Gasteiger partial charge in [-0.2, -0.15) is 0 Å². The monoisotopic (exact) mass is 666 g/mol. The van der Waals surface area contributed by atoms with Gasteiger partial charge in [0.25, 0.3) is 6.71 Å². The third kappa shape index (κ3) is 4.23. The number of ether oxygens (including phenoxy) is 2. The smallest absolute Gasteiger partial charge is 0.260 e. The molecule has 8 aromatic rings. The van der Waals surface area contributed by atoms with E-state index in [2.05, 4.69) is 174 Å². The molecule has 3 heterocycles. The van der Waals surface area contributed by atoms with Crippen molar-refractivity contribution in [3.8, 4) is 34.1 Å². The second-order valence-electron chi connectivity index (χ2n) is 13.8. The summed E-state index contributed by atoms with van der Waals surface area (Å²) < 4.78 is 13.2. The van der Waals surface area contributed by atoms with Crippen molar-refractivity contribution in [2.24, 2.45) is 0 Å². The van der Waals surface area contributed by atoms with Crippen LogP contribution in [0.2, 0.25) is 0 Å². The van der Waals surface area contributed by atoms with Gasteiger partial charge < -0.3 is 19.3 Å². The second-order valence-corrected chi connectivity index (χ2v) is 13.8. The minimum atomic E-state index is -0.0173. The Hall–Kier alpha value is -6.72. The summed E-state index contributed by atoms with van der Waals surface area (Å²) in [5, 5.41) is 2.39. The van der Waals surface area contributed by atoms with E-state index in [0.717, 1.165) is 79.1 Å². The van der Waals surface area contributed by atoms with Crippen LogP contribution in [0, 0.1) is 6.92 Å². The van der Waals surface area contributed by atoms with E-state index in [-0.39, 0.29) is 6.71 Å². The van der Waals surface area contributed by atoms with E-state index in [1.54, 1.807) is 0 Å². The molecule has 52 heavy (non-hydrogen) atoms. The van der Waals surface area contributed by atoms with Gasteiger partial charge in [-0.05, 0) is 102 Å². The molecule has 0 amide bonds. The summed E-state index contributed by atoms with van der Waals surface area (Å²) in [5.74, 6) is 3.46. The van der Waals surface area contributed by atoms with Crippen molar-refractivity contribution in [2.45, 2.75) is 6.92 Å². The summed E-state index contributed by atoms with van der Waals surface area (Å²) in [4.78, 5) is 4.80. The Morgan fingerprint density at radius 2 is 1.17 bits per heavy atom. The molecule has 0 spiro atoms. The predicted molar refractivity (Wildman–Crippen MR) is 215 cm³/mol. The minimum absolute atomic E-state index is 0.0173. The first-order valence-electron chi connectivity index (χ1n) is 17.8. The van der Waals surface area contributed by atoms with Crippen LogP contribution in [0.3, 0.4) is 0 Å². The molecular formula is C47H31BN2O2. The Kier molecular flexibility index (Phi) is 6.23. The van der Waals surface area contributed by atoms with E-state index in [1.807, 2.05) is 12.1 Å². The maximum atomic E-state index is 6.81. The van der Waals surface area contributed by atoms with Crippen LogP contribution in [0.15, 0.2) is 170 Å². The number of rotatable bonds is 4. The third-order valence-electron chi connectivity index (χ3n) is 10.8. The highest BCUT2D eigenvalue weighted by Gasteiger charge is 2.41. The van der Waals surface area contributed by atoms with Crippen LogP contribution in [0.5, 0.6) is 23.0 Å². The summed E-state index contributed by atoms with van der Waals surface area (Å²) in [6.45, 7) is 2.12. The maximum absolute atomic E-state index is 6.81.